The van der Waals surface area contributed by atoms with Crippen LogP contribution < -0.4 is 10.2 Å². The second kappa shape index (κ2) is 7.22. The van der Waals surface area contributed by atoms with Gasteiger partial charge in [-0.1, -0.05) is 12.1 Å². The number of nitrogens with one attached hydrogen (secondary N) is 1. The van der Waals surface area contributed by atoms with Crippen molar-refractivity contribution in [2.24, 2.45) is 0 Å². The summed E-state index contributed by atoms with van der Waals surface area (Å²) in [5, 5.41) is 13.0. The second-order valence-corrected chi connectivity index (χ2v) is 7.54. The summed E-state index contributed by atoms with van der Waals surface area (Å²) in [6.07, 6.45) is 1.33. The molecule has 0 fully saturated rings. The summed E-state index contributed by atoms with van der Waals surface area (Å²) in [5.41, 5.74) is 0.969. The number of carbonyl (C=O) groups is 3. The van der Waals surface area contributed by atoms with Crippen LogP contribution in [0.3, 0.4) is 0 Å². The van der Waals surface area contributed by atoms with E-state index in [1.54, 1.807) is 44.2 Å². The fourth-order valence-corrected chi connectivity index (χ4v) is 3.52. The van der Waals surface area contributed by atoms with Gasteiger partial charge in [-0.2, -0.15) is 0 Å². The average molecular weight is 408 g/mol. The number of ether oxygens (including phenoxy) is 1. The number of fused-ring (bicyclic) bond motifs is 2. The zero-order chi connectivity index (χ0) is 21.5. The van der Waals surface area contributed by atoms with Gasteiger partial charge in [-0.15, -0.1) is 0 Å². The Morgan fingerprint density at radius 3 is 2.77 bits per heavy atom. The Hall–Kier alpha value is -3.81. The number of anilines is 2. The van der Waals surface area contributed by atoms with E-state index in [1.165, 1.54) is 23.3 Å². The highest BCUT2D eigenvalue weighted by atomic mass is 16.5. The number of aromatic hydroxyl groups is 1. The average Bonchev–Trinajstić information content (AvgIpc) is 3.08. The highest BCUT2D eigenvalue weighted by molar-refractivity contribution is 6.14. The Kier molecular flexibility index (Phi) is 4.69. The molecular formula is C22H20N2O6. The largest absolute Gasteiger partial charge is 0.508 e. The van der Waals surface area contributed by atoms with E-state index in [1.807, 2.05) is 0 Å². The van der Waals surface area contributed by atoms with Crippen LogP contribution in [0, 0.1) is 0 Å². The van der Waals surface area contributed by atoms with Crippen LogP contribution in [0.25, 0.3) is 11.0 Å². The maximum atomic E-state index is 12.9. The number of amides is 2. The van der Waals surface area contributed by atoms with Gasteiger partial charge < -0.3 is 19.6 Å². The zero-order valence-electron chi connectivity index (χ0n) is 16.5. The first-order chi connectivity index (χ1) is 14.3. The zero-order valence-corrected chi connectivity index (χ0v) is 16.5. The highest BCUT2D eigenvalue weighted by Gasteiger charge is 2.43. The molecule has 30 heavy (non-hydrogen) atoms. The topological polar surface area (TPSA) is 109 Å². The summed E-state index contributed by atoms with van der Waals surface area (Å²) in [6.45, 7) is 2.76. The molecule has 2 heterocycles. The van der Waals surface area contributed by atoms with Gasteiger partial charge in [0, 0.05) is 17.0 Å². The van der Waals surface area contributed by atoms with E-state index in [0.29, 0.717) is 27.9 Å². The number of furan rings is 1. The van der Waals surface area contributed by atoms with Crippen LogP contribution in [0.1, 0.15) is 19.4 Å². The van der Waals surface area contributed by atoms with Crippen LogP contribution in [-0.4, -0.2) is 35.0 Å². The van der Waals surface area contributed by atoms with Crippen molar-refractivity contribution in [3.8, 4) is 5.75 Å². The monoisotopic (exact) mass is 408 g/mol. The van der Waals surface area contributed by atoms with Gasteiger partial charge in [0.15, 0.2) is 6.61 Å². The summed E-state index contributed by atoms with van der Waals surface area (Å²) < 4.78 is 10.5. The molecule has 0 atom stereocenters. The van der Waals surface area contributed by atoms with E-state index in [-0.39, 0.29) is 18.1 Å². The van der Waals surface area contributed by atoms with Gasteiger partial charge in [0.1, 0.15) is 16.9 Å². The summed E-state index contributed by atoms with van der Waals surface area (Å²) in [5.74, 6) is -1.37. The molecule has 1 aliphatic rings. The number of nitrogens with zero attached hydrogens (tertiary/aromatic N) is 1. The Bertz CT molecular complexity index is 1160. The predicted octanol–water partition coefficient (Wildman–Crippen LogP) is 2.99. The first-order valence-electron chi connectivity index (χ1n) is 9.35. The molecule has 1 aromatic heterocycles. The molecule has 8 nitrogen and oxygen atoms in total. The first-order valence-corrected chi connectivity index (χ1v) is 9.35. The van der Waals surface area contributed by atoms with Crippen LogP contribution in [0.5, 0.6) is 5.75 Å². The molecular weight excluding hydrogens is 388 g/mol. The van der Waals surface area contributed by atoms with Gasteiger partial charge >= 0.3 is 5.97 Å². The molecule has 0 bridgehead atoms. The van der Waals surface area contributed by atoms with Crippen molar-refractivity contribution in [2.75, 3.05) is 16.8 Å². The molecule has 2 N–H and O–H groups in total. The minimum atomic E-state index is -1.14. The van der Waals surface area contributed by atoms with Crippen molar-refractivity contribution >= 4 is 40.1 Å². The van der Waals surface area contributed by atoms with Crippen molar-refractivity contribution in [3.05, 3.63) is 54.3 Å². The molecule has 0 aliphatic carbocycles. The van der Waals surface area contributed by atoms with Crippen LogP contribution in [0.4, 0.5) is 11.4 Å². The number of hydrogen-bond donors (Lipinski definition) is 2. The molecule has 0 radical (unpaired) electrons. The van der Waals surface area contributed by atoms with Crippen molar-refractivity contribution in [1.82, 2.24) is 0 Å². The van der Waals surface area contributed by atoms with E-state index in [4.69, 9.17) is 9.15 Å². The Morgan fingerprint density at radius 1 is 1.20 bits per heavy atom. The lowest BCUT2D eigenvalue weighted by atomic mass is 9.96. The lowest BCUT2D eigenvalue weighted by Crippen LogP contribution is -2.59. The lowest BCUT2D eigenvalue weighted by Gasteiger charge is -2.41. The summed E-state index contributed by atoms with van der Waals surface area (Å²) in [7, 11) is 0. The molecule has 2 amide bonds. The first kappa shape index (κ1) is 19.5. The second-order valence-electron chi connectivity index (χ2n) is 7.54. The maximum Gasteiger partial charge on any atom is 0.310 e. The van der Waals surface area contributed by atoms with Gasteiger partial charge in [-0.3, -0.25) is 19.3 Å². The van der Waals surface area contributed by atoms with E-state index >= 15 is 0 Å². The molecule has 4 rings (SSSR count). The predicted molar refractivity (Wildman–Crippen MR) is 109 cm³/mol. The van der Waals surface area contributed by atoms with Crippen LogP contribution in [-0.2, 0) is 25.5 Å². The van der Waals surface area contributed by atoms with Gasteiger partial charge in [0.25, 0.3) is 5.91 Å². The molecule has 0 saturated carbocycles. The number of carbonyl (C=O) groups excluding carboxylic acids is 3. The number of esters is 1. The molecule has 8 heteroatoms. The molecule has 0 saturated heterocycles. The third-order valence-corrected chi connectivity index (χ3v) is 5.09. The quantitative estimate of drug-likeness (QED) is 0.643. The maximum absolute atomic E-state index is 12.9. The smallest absolute Gasteiger partial charge is 0.310 e. The minimum absolute atomic E-state index is 0.0602. The molecule has 3 aromatic rings. The Morgan fingerprint density at radius 2 is 1.97 bits per heavy atom. The third-order valence-electron chi connectivity index (χ3n) is 5.09. The van der Waals surface area contributed by atoms with E-state index in [0.717, 1.165) is 0 Å². The highest BCUT2D eigenvalue weighted by Crippen LogP contribution is 2.36. The van der Waals surface area contributed by atoms with Crippen LogP contribution >= 0.6 is 0 Å². The molecule has 154 valence electrons. The van der Waals surface area contributed by atoms with Gasteiger partial charge in [0.05, 0.1) is 24.1 Å². The molecule has 2 aromatic carbocycles. The standard InChI is InChI=1S/C22H20N2O6/c1-22(2)21(28)23-16-5-3-4-6-17(16)24(22)19(26)12-30-20(27)9-13-11-29-18-10-14(25)7-8-15(13)18/h3-8,10-11,25H,9,12H2,1-2H3,(H,23,28). The molecule has 1 aliphatic heterocycles. The number of hydrogen-bond acceptors (Lipinski definition) is 6. The number of benzene rings is 2. The molecule has 0 unspecified atom stereocenters. The Labute approximate surface area is 172 Å². The number of phenolic OH excluding ortho intramolecular Hbond substituents is 1. The van der Waals surface area contributed by atoms with Crippen molar-refractivity contribution < 1.29 is 28.6 Å². The third kappa shape index (κ3) is 3.36. The van der Waals surface area contributed by atoms with Gasteiger partial charge in [-0.25, -0.2) is 0 Å². The number of para-hydroxylation sites is 2. The summed E-state index contributed by atoms with van der Waals surface area (Å²) in [6, 6.07) is 11.6. The van der Waals surface area contributed by atoms with Crippen LogP contribution in [0.15, 0.2) is 53.1 Å². The number of phenols is 1. The van der Waals surface area contributed by atoms with Crippen LogP contribution in [0.2, 0.25) is 0 Å². The van der Waals surface area contributed by atoms with Gasteiger partial charge in [0.2, 0.25) is 5.91 Å². The molecule has 0 spiro atoms. The minimum Gasteiger partial charge on any atom is -0.508 e. The summed E-state index contributed by atoms with van der Waals surface area (Å²) >= 11 is 0. The van der Waals surface area contributed by atoms with E-state index in [9.17, 15) is 19.5 Å². The Balaban J connectivity index is 1.47. The lowest BCUT2D eigenvalue weighted by molar-refractivity contribution is -0.147. The fraction of sp³-hybridized carbons (Fsp3) is 0.227. The normalized spacial score (nSPS) is 14.9. The van der Waals surface area contributed by atoms with E-state index < -0.39 is 24.0 Å². The SMILES string of the molecule is CC1(C)C(=O)Nc2ccccc2N1C(=O)COC(=O)Cc1coc2cc(O)ccc12. The van der Waals surface area contributed by atoms with Crippen molar-refractivity contribution in [3.63, 3.8) is 0 Å². The van der Waals surface area contributed by atoms with Crippen molar-refractivity contribution in [2.45, 2.75) is 25.8 Å². The summed E-state index contributed by atoms with van der Waals surface area (Å²) in [4.78, 5) is 39.0. The van der Waals surface area contributed by atoms with Gasteiger partial charge in [-0.05, 0) is 38.1 Å². The van der Waals surface area contributed by atoms with E-state index in [2.05, 4.69) is 5.32 Å². The van der Waals surface area contributed by atoms with Crippen molar-refractivity contribution in [1.29, 1.82) is 0 Å². The fourth-order valence-electron chi connectivity index (χ4n) is 3.52. The number of rotatable bonds is 4.